The van der Waals surface area contributed by atoms with Crippen molar-refractivity contribution in [2.75, 3.05) is 4.90 Å². The molecule has 2 heteroatoms. The number of hydrogen-bond donors (Lipinski definition) is 0. The Morgan fingerprint density at radius 1 is 0.266 bits per heavy atom. The first-order chi connectivity index (χ1) is 31.8. The topological polar surface area (TPSA) is 3.24 Å². The van der Waals surface area contributed by atoms with Crippen LogP contribution in [0.15, 0.2) is 249 Å². The third-order valence-electron chi connectivity index (χ3n) is 12.7. The minimum atomic E-state index is 1.09. The molecule has 12 aromatic rings. The fraction of sp³-hybridized carbons (Fsp3) is 0. The lowest BCUT2D eigenvalue weighted by Gasteiger charge is -2.32. The largest absolute Gasteiger partial charge is 0.309 e. The fourth-order valence-corrected chi connectivity index (χ4v) is 10.9. The van der Waals surface area contributed by atoms with E-state index < -0.39 is 0 Å². The molecule has 12 rings (SSSR count). The molecule has 0 aliphatic rings. The third kappa shape index (κ3) is 6.55. The summed E-state index contributed by atoms with van der Waals surface area (Å²) in [4.78, 5) is 2.53. The highest BCUT2D eigenvalue weighted by molar-refractivity contribution is 7.26. The van der Waals surface area contributed by atoms with Crippen molar-refractivity contribution in [3.63, 3.8) is 0 Å². The number of fused-ring (bicyclic) bond motifs is 6. The van der Waals surface area contributed by atoms with Crippen LogP contribution in [0.1, 0.15) is 0 Å². The molecule has 11 aromatic carbocycles. The van der Waals surface area contributed by atoms with E-state index in [4.69, 9.17) is 0 Å². The number of benzene rings is 11. The first-order valence-corrected chi connectivity index (χ1v) is 22.7. The number of thiophene rings is 1. The Hall–Kier alpha value is -8.04. The van der Waals surface area contributed by atoms with Gasteiger partial charge in [-0.3, -0.25) is 0 Å². The predicted molar refractivity (Wildman–Crippen MR) is 276 cm³/mol. The summed E-state index contributed by atoms with van der Waals surface area (Å²) in [6.45, 7) is 0. The van der Waals surface area contributed by atoms with Crippen LogP contribution in [-0.4, -0.2) is 0 Å². The summed E-state index contributed by atoms with van der Waals surface area (Å²) in [6, 6.07) is 90.9. The summed E-state index contributed by atoms with van der Waals surface area (Å²) < 4.78 is 2.60. The molecule has 1 nitrogen and oxygen atoms in total. The van der Waals surface area contributed by atoms with Crippen LogP contribution in [0.25, 0.3) is 97.4 Å². The van der Waals surface area contributed by atoms with Crippen molar-refractivity contribution in [1.82, 2.24) is 0 Å². The zero-order valence-corrected chi connectivity index (χ0v) is 35.8. The molecule has 0 aliphatic heterocycles. The minimum absolute atomic E-state index is 1.09. The number of nitrogens with zero attached hydrogens (tertiary/aromatic N) is 1. The fourth-order valence-electron chi connectivity index (χ4n) is 9.64. The van der Waals surface area contributed by atoms with Gasteiger partial charge in [-0.05, 0) is 79.4 Å². The lowest BCUT2D eigenvalue weighted by atomic mass is 9.89. The predicted octanol–water partition coefficient (Wildman–Crippen LogP) is 18.2. The van der Waals surface area contributed by atoms with Gasteiger partial charge in [0.1, 0.15) is 0 Å². The molecule has 0 saturated heterocycles. The first kappa shape index (κ1) is 37.7. The van der Waals surface area contributed by atoms with Crippen LogP contribution in [0.3, 0.4) is 0 Å². The number of rotatable bonds is 8. The van der Waals surface area contributed by atoms with Gasteiger partial charge in [0.25, 0.3) is 0 Å². The maximum Gasteiger partial charge on any atom is 0.0625 e. The molecule has 0 spiro atoms. The van der Waals surface area contributed by atoms with Crippen LogP contribution in [-0.2, 0) is 0 Å². The van der Waals surface area contributed by atoms with Crippen molar-refractivity contribution >= 4 is 70.1 Å². The lowest BCUT2D eigenvalue weighted by molar-refractivity contribution is 1.30. The standard InChI is InChI=1S/C62H41NS/c1-3-16-42(17-4-1)43-30-32-44(33-31-43)45-34-36-46(37-35-45)47-38-40-49(41-39-47)63(58-28-13-11-22-52(58)56-26-15-27-57-53-23-12-14-29-59(53)64-62(56)57)61-55-25-10-8-21-51(55)50-20-7-9-24-54(50)60(61)48-18-5-2-6-19-48/h1-41H. The molecule has 300 valence electrons. The minimum Gasteiger partial charge on any atom is -0.309 e. The normalized spacial score (nSPS) is 11.4. The second kappa shape index (κ2) is 16.0. The van der Waals surface area contributed by atoms with Gasteiger partial charge in [0.2, 0.25) is 0 Å². The van der Waals surface area contributed by atoms with Crippen molar-refractivity contribution < 1.29 is 0 Å². The van der Waals surface area contributed by atoms with Gasteiger partial charge in [-0.1, -0.05) is 224 Å². The van der Waals surface area contributed by atoms with Gasteiger partial charge in [0.05, 0.1) is 11.4 Å². The van der Waals surface area contributed by atoms with Crippen LogP contribution in [0.2, 0.25) is 0 Å². The monoisotopic (exact) mass is 831 g/mol. The van der Waals surface area contributed by atoms with Gasteiger partial charge in [-0.2, -0.15) is 0 Å². The molecule has 0 bridgehead atoms. The second-order valence-corrected chi connectivity index (χ2v) is 17.4. The molecule has 0 N–H and O–H groups in total. The SMILES string of the molecule is c1ccc(-c2ccc(-c3ccc(-c4ccc(N(c5ccccc5-c5cccc6c5sc5ccccc56)c5c(-c6ccccc6)c6ccccc6c6ccccc56)cc4)cc3)cc2)cc1. The van der Waals surface area contributed by atoms with Crippen molar-refractivity contribution in [1.29, 1.82) is 0 Å². The molecule has 0 atom stereocenters. The summed E-state index contributed by atoms with van der Waals surface area (Å²) in [7, 11) is 0. The van der Waals surface area contributed by atoms with Crippen LogP contribution < -0.4 is 4.90 Å². The quantitative estimate of drug-likeness (QED) is 0.138. The van der Waals surface area contributed by atoms with E-state index in [0.29, 0.717) is 0 Å². The Morgan fingerprint density at radius 3 is 1.31 bits per heavy atom. The highest BCUT2D eigenvalue weighted by Gasteiger charge is 2.26. The van der Waals surface area contributed by atoms with E-state index in [2.05, 4.69) is 254 Å². The van der Waals surface area contributed by atoms with Gasteiger partial charge in [0, 0.05) is 47.9 Å². The molecule has 64 heavy (non-hydrogen) atoms. The highest BCUT2D eigenvalue weighted by atomic mass is 32.1. The smallest absolute Gasteiger partial charge is 0.0625 e. The second-order valence-electron chi connectivity index (χ2n) is 16.4. The van der Waals surface area contributed by atoms with Gasteiger partial charge in [0.15, 0.2) is 0 Å². The number of hydrogen-bond acceptors (Lipinski definition) is 2. The van der Waals surface area contributed by atoms with Crippen molar-refractivity contribution in [2.24, 2.45) is 0 Å². The molecule has 1 aromatic heterocycles. The lowest BCUT2D eigenvalue weighted by Crippen LogP contribution is -2.13. The molecule has 0 unspecified atom stereocenters. The molecule has 0 saturated carbocycles. The summed E-state index contributed by atoms with van der Waals surface area (Å²) >= 11 is 1.88. The molecular formula is C62H41NS. The Kier molecular flexibility index (Phi) is 9.43. The molecule has 1 heterocycles. The Labute approximate surface area is 377 Å². The van der Waals surface area contributed by atoms with E-state index in [-0.39, 0.29) is 0 Å². The maximum absolute atomic E-state index is 2.53. The van der Waals surface area contributed by atoms with Gasteiger partial charge < -0.3 is 4.90 Å². The maximum atomic E-state index is 2.53. The molecular weight excluding hydrogens is 791 g/mol. The van der Waals surface area contributed by atoms with Crippen LogP contribution >= 0.6 is 11.3 Å². The third-order valence-corrected chi connectivity index (χ3v) is 13.9. The highest BCUT2D eigenvalue weighted by Crippen LogP contribution is 2.52. The van der Waals surface area contributed by atoms with Crippen molar-refractivity contribution in [2.45, 2.75) is 0 Å². The van der Waals surface area contributed by atoms with E-state index >= 15 is 0 Å². The summed E-state index contributed by atoms with van der Waals surface area (Å²) in [5.74, 6) is 0. The molecule has 0 fully saturated rings. The van der Waals surface area contributed by atoms with Gasteiger partial charge in [-0.25, -0.2) is 0 Å². The first-order valence-electron chi connectivity index (χ1n) is 21.9. The number of anilines is 3. The Bertz CT molecular complexity index is 3630. The molecule has 0 amide bonds. The Balaban J connectivity index is 1.04. The summed E-state index contributed by atoms with van der Waals surface area (Å²) in [6.07, 6.45) is 0. The van der Waals surface area contributed by atoms with Crippen LogP contribution in [0.5, 0.6) is 0 Å². The summed E-state index contributed by atoms with van der Waals surface area (Å²) in [5.41, 5.74) is 15.4. The van der Waals surface area contributed by atoms with Gasteiger partial charge in [-0.15, -0.1) is 11.3 Å². The van der Waals surface area contributed by atoms with Crippen LogP contribution in [0.4, 0.5) is 17.1 Å². The van der Waals surface area contributed by atoms with E-state index in [0.717, 1.165) is 17.1 Å². The van der Waals surface area contributed by atoms with Crippen LogP contribution in [0, 0.1) is 0 Å². The summed E-state index contributed by atoms with van der Waals surface area (Å²) in [5, 5.41) is 7.49. The average Bonchev–Trinajstić information content (AvgIpc) is 3.77. The van der Waals surface area contributed by atoms with E-state index in [1.165, 1.54) is 97.4 Å². The average molecular weight is 832 g/mol. The van der Waals surface area contributed by atoms with Gasteiger partial charge >= 0.3 is 0 Å². The van der Waals surface area contributed by atoms with E-state index in [1.807, 2.05) is 11.3 Å². The zero-order chi connectivity index (χ0) is 42.4. The van der Waals surface area contributed by atoms with Crippen molar-refractivity contribution in [3.8, 4) is 55.6 Å². The molecule has 0 aliphatic carbocycles. The number of para-hydroxylation sites is 1. The molecule has 0 radical (unpaired) electrons. The van der Waals surface area contributed by atoms with E-state index in [9.17, 15) is 0 Å². The Morgan fingerprint density at radius 2 is 0.688 bits per heavy atom. The van der Waals surface area contributed by atoms with E-state index in [1.54, 1.807) is 0 Å². The zero-order valence-electron chi connectivity index (χ0n) is 35.0. The van der Waals surface area contributed by atoms with Crippen molar-refractivity contribution in [3.05, 3.63) is 249 Å².